The van der Waals surface area contributed by atoms with Crippen molar-refractivity contribution >= 4 is 5.91 Å². The van der Waals surface area contributed by atoms with E-state index >= 15 is 0 Å². The number of nitrogens with zero attached hydrogens (tertiary/aromatic N) is 1. The highest BCUT2D eigenvalue weighted by Crippen LogP contribution is 2.20. The molecule has 0 saturated carbocycles. The molecule has 128 valence electrons. The molecule has 1 atom stereocenters. The molecular formula is C16H21F3N2O2. The quantitative estimate of drug-likeness (QED) is 0.813. The average molecular weight is 330 g/mol. The molecule has 0 saturated heterocycles. The lowest BCUT2D eigenvalue weighted by atomic mass is 9.99. The van der Waals surface area contributed by atoms with E-state index in [9.17, 15) is 18.0 Å². The molecule has 0 radical (unpaired) electrons. The third-order valence-corrected chi connectivity index (χ3v) is 3.90. The summed E-state index contributed by atoms with van der Waals surface area (Å²) in [6.45, 7) is 1.93. The molecule has 7 heteroatoms. The number of carbonyl (C=O) groups is 1. The third kappa shape index (κ3) is 5.51. The number of hydrogen-bond acceptors (Lipinski definition) is 3. The van der Waals surface area contributed by atoms with Crippen molar-refractivity contribution in [2.75, 3.05) is 26.3 Å². The SMILES string of the molecule is CC(C(=O)NCCOCC(F)(F)F)N1CCc2ccccc2C1. The molecular weight excluding hydrogens is 309 g/mol. The maximum atomic E-state index is 12.1. The number of amides is 1. The number of nitrogens with one attached hydrogen (secondary N) is 1. The van der Waals surface area contributed by atoms with Crippen LogP contribution in [0.5, 0.6) is 0 Å². The zero-order chi connectivity index (χ0) is 16.9. The Kier molecular flexibility index (Phi) is 6.01. The molecule has 0 aliphatic carbocycles. The fraction of sp³-hybridized carbons (Fsp3) is 0.562. The molecule has 1 N–H and O–H groups in total. The Labute approximate surface area is 133 Å². The van der Waals surface area contributed by atoms with Gasteiger partial charge in [-0.1, -0.05) is 24.3 Å². The van der Waals surface area contributed by atoms with Crippen molar-refractivity contribution in [1.82, 2.24) is 10.2 Å². The smallest absolute Gasteiger partial charge is 0.370 e. The van der Waals surface area contributed by atoms with Crippen LogP contribution in [0.3, 0.4) is 0 Å². The predicted molar refractivity (Wildman–Crippen MR) is 79.9 cm³/mol. The fourth-order valence-electron chi connectivity index (χ4n) is 2.60. The average Bonchev–Trinajstić information content (AvgIpc) is 2.52. The first kappa shape index (κ1) is 17.7. The van der Waals surface area contributed by atoms with Crippen molar-refractivity contribution in [3.05, 3.63) is 35.4 Å². The summed E-state index contributed by atoms with van der Waals surface area (Å²) in [6, 6.07) is 7.80. The molecule has 0 spiro atoms. The summed E-state index contributed by atoms with van der Waals surface area (Å²) in [4.78, 5) is 14.1. The zero-order valence-electron chi connectivity index (χ0n) is 13.0. The first-order valence-electron chi connectivity index (χ1n) is 7.60. The number of hydrogen-bond donors (Lipinski definition) is 1. The predicted octanol–water partition coefficient (Wildman–Crippen LogP) is 2.13. The van der Waals surface area contributed by atoms with Gasteiger partial charge in [0.15, 0.2) is 0 Å². The Morgan fingerprint density at radius 3 is 2.74 bits per heavy atom. The van der Waals surface area contributed by atoms with Gasteiger partial charge in [0.1, 0.15) is 6.61 Å². The second-order valence-electron chi connectivity index (χ2n) is 5.62. The van der Waals surface area contributed by atoms with Crippen LogP contribution in [0.1, 0.15) is 18.1 Å². The largest absolute Gasteiger partial charge is 0.411 e. The third-order valence-electron chi connectivity index (χ3n) is 3.90. The van der Waals surface area contributed by atoms with E-state index in [1.54, 1.807) is 6.92 Å². The summed E-state index contributed by atoms with van der Waals surface area (Å²) in [5.74, 6) is -0.194. The van der Waals surface area contributed by atoms with Crippen LogP contribution >= 0.6 is 0 Å². The van der Waals surface area contributed by atoms with Crippen molar-refractivity contribution in [3.63, 3.8) is 0 Å². The molecule has 1 heterocycles. The minimum Gasteiger partial charge on any atom is -0.370 e. The van der Waals surface area contributed by atoms with Crippen LogP contribution in [0.25, 0.3) is 0 Å². The van der Waals surface area contributed by atoms with Gasteiger partial charge >= 0.3 is 6.18 Å². The monoisotopic (exact) mass is 330 g/mol. The lowest BCUT2D eigenvalue weighted by molar-refractivity contribution is -0.173. The van der Waals surface area contributed by atoms with Crippen molar-refractivity contribution < 1.29 is 22.7 Å². The van der Waals surface area contributed by atoms with Gasteiger partial charge in [-0.3, -0.25) is 9.69 Å². The molecule has 1 unspecified atom stereocenters. The first-order valence-corrected chi connectivity index (χ1v) is 7.60. The fourth-order valence-corrected chi connectivity index (χ4v) is 2.60. The molecule has 0 bridgehead atoms. The molecule has 23 heavy (non-hydrogen) atoms. The number of alkyl halides is 3. The standard InChI is InChI=1S/C16H21F3N2O2/c1-12(15(22)20-7-9-23-11-16(17,18)19)21-8-6-13-4-2-3-5-14(13)10-21/h2-5,12H,6-11H2,1H3,(H,20,22). The number of carbonyl (C=O) groups excluding carboxylic acids is 1. The van der Waals surface area contributed by atoms with E-state index in [1.807, 2.05) is 12.1 Å². The Hall–Kier alpha value is -1.60. The summed E-state index contributed by atoms with van der Waals surface area (Å²) in [5.41, 5.74) is 2.52. The van der Waals surface area contributed by atoms with Gasteiger partial charge in [0.05, 0.1) is 12.6 Å². The Morgan fingerprint density at radius 1 is 1.35 bits per heavy atom. The highest BCUT2D eigenvalue weighted by Gasteiger charge is 2.27. The molecule has 0 aromatic heterocycles. The van der Waals surface area contributed by atoms with Crippen molar-refractivity contribution in [2.24, 2.45) is 0 Å². The van der Waals surface area contributed by atoms with E-state index in [4.69, 9.17) is 0 Å². The van der Waals surface area contributed by atoms with Gasteiger partial charge in [0, 0.05) is 19.6 Å². The number of ether oxygens (including phenoxy) is 1. The topological polar surface area (TPSA) is 41.6 Å². The highest BCUT2D eigenvalue weighted by atomic mass is 19.4. The summed E-state index contributed by atoms with van der Waals surface area (Å²) in [5, 5.41) is 2.62. The lowest BCUT2D eigenvalue weighted by Gasteiger charge is -2.32. The van der Waals surface area contributed by atoms with Gasteiger partial charge in [0.2, 0.25) is 5.91 Å². The van der Waals surface area contributed by atoms with Crippen molar-refractivity contribution in [2.45, 2.75) is 32.1 Å². The molecule has 1 aromatic carbocycles. The molecule has 1 amide bonds. The van der Waals surface area contributed by atoms with Gasteiger partial charge in [-0.2, -0.15) is 13.2 Å². The van der Waals surface area contributed by atoms with Gasteiger partial charge in [-0.15, -0.1) is 0 Å². The summed E-state index contributed by atoms with van der Waals surface area (Å²) >= 11 is 0. The van der Waals surface area contributed by atoms with E-state index in [0.29, 0.717) is 6.54 Å². The zero-order valence-corrected chi connectivity index (χ0v) is 13.0. The van der Waals surface area contributed by atoms with Crippen molar-refractivity contribution in [1.29, 1.82) is 0 Å². The molecule has 1 aliphatic rings. The normalized spacial score (nSPS) is 16.7. The minimum atomic E-state index is -4.33. The van der Waals surface area contributed by atoms with Crippen LogP contribution in [0, 0.1) is 0 Å². The minimum absolute atomic E-state index is 0.0731. The first-order chi connectivity index (χ1) is 10.9. The maximum Gasteiger partial charge on any atom is 0.411 e. The van der Waals surface area contributed by atoms with E-state index in [2.05, 4.69) is 27.1 Å². The van der Waals surface area contributed by atoms with Crippen LogP contribution < -0.4 is 5.32 Å². The number of benzene rings is 1. The molecule has 1 aromatic rings. The van der Waals surface area contributed by atoms with Crippen LogP contribution in [-0.4, -0.2) is 49.3 Å². The van der Waals surface area contributed by atoms with E-state index in [0.717, 1.165) is 13.0 Å². The number of fused-ring (bicyclic) bond motifs is 1. The summed E-state index contributed by atoms with van der Waals surface area (Å²) < 4.78 is 40.2. The van der Waals surface area contributed by atoms with E-state index < -0.39 is 12.8 Å². The second-order valence-corrected chi connectivity index (χ2v) is 5.62. The second kappa shape index (κ2) is 7.79. The number of rotatable bonds is 6. The molecule has 2 rings (SSSR count). The van der Waals surface area contributed by atoms with Crippen LogP contribution in [0.15, 0.2) is 24.3 Å². The summed E-state index contributed by atoms with van der Waals surface area (Å²) in [6.07, 6.45) is -3.44. The van der Waals surface area contributed by atoms with Crippen LogP contribution in [0.4, 0.5) is 13.2 Å². The summed E-state index contributed by atoms with van der Waals surface area (Å²) in [7, 11) is 0. The van der Waals surface area contributed by atoms with Crippen LogP contribution in [-0.2, 0) is 22.5 Å². The highest BCUT2D eigenvalue weighted by molar-refractivity contribution is 5.81. The molecule has 4 nitrogen and oxygen atoms in total. The number of halogens is 3. The van der Waals surface area contributed by atoms with Gasteiger partial charge in [-0.05, 0) is 24.5 Å². The molecule has 0 fully saturated rings. The van der Waals surface area contributed by atoms with E-state index in [-0.39, 0.29) is 25.1 Å². The lowest BCUT2D eigenvalue weighted by Crippen LogP contribution is -2.47. The van der Waals surface area contributed by atoms with Crippen molar-refractivity contribution in [3.8, 4) is 0 Å². The molecule has 1 aliphatic heterocycles. The van der Waals surface area contributed by atoms with Gasteiger partial charge in [0.25, 0.3) is 0 Å². The Bertz CT molecular complexity index is 534. The van der Waals surface area contributed by atoms with E-state index in [1.165, 1.54) is 11.1 Å². The maximum absolute atomic E-state index is 12.1. The van der Waals surface area contributed by atoms with Gasteiger partial charge in [-0.25, -0.2) is 0 Å². The Balaban J connectivity index is 1.73. The van der Waals surface area contributed by atoms with Crippen LogP contribution in [0.2, 0.25) is 0 Å². The van der Waals surface area contributed by atoms with Gasteiger partial charge < -0.3 is 10.1 Å². The Morgan fingerprint density at radius 2 is 2.04 bits per heavy atom.